The van der Waals surface area contributed by atoms with Gasteiger partial charge in [-0.1, -0.05) is 23.9 Å². The van der Waals surface area contributed by atoms with E-state index in [0.29, 0.717) is 22.4 Å². The predicted molar refractivity (Wildman–Crippen MR) is 100.0 cm³/mol. The van der Waals surface area contributed by atoms with Crippen LogP contribution in [0.4, 0.5) is 0 Å². The molecule has 2 heterocycles. The molecular formula is C16H15N3O3S3. The first-order chi connectivity index (χ1) is 12.2. The van der Waals surface area contributed by atoms with Crippen molar-refractivity contribution in [1.82, 2.24) is 15.2 Å². The van der Waals surface area contributed by atoms with E-state index < -0.39 is 0 Å². The minimum atomic E-state index is -0.344. The quantitative estimate of drug-likeness (QED) is 0.438. The van der Waals surface area contributed by atoms with Crippen molar-refractivity contribution in [1.29, 1.82) is 0 Å². The van der Waals surface area contributed by atoms with Gasteiger partial charge in [-0.3, -0.25) is 0 Å². The number of benzene rings is 1. The molecule has 6 nitrogen and oxygen atoms in total. The zero-order chi connectivity index (χ0) is 17.6. The molecule has 0 radical (unpaired) electrons. The molecule has 0 aliphatic rings. The molecule has 0 saturated carbocycles. The molecule has 25 heavy (non-hydrogen) atoms. The molecule has 0 atom stereocenters. The molecular weight excluding hydrogens is 378 g/mol. The van der Waals surface area contributed by atoms with E-state index in [2.05, 4.69) is 15.2 Å². The largest absolute Gasteiger partial charge is 0.465 e. The van der Waals surface area contributed by atoms with Crippen molar-refractivity contribution in [2.45, 2.75) is 16.7 Å². The maximum absolute atomic E-state index is 11.5. The van der Waals surface area contributed by atoms with Gasteiger partial charge in [0, 0.05) is 16.7 Å². The van der Waals surface area contributed by atoms with Crippen molar-refractivity contribution in [3.8, 4) is 10.6 Å². The molecule has 0 N–H and O–H groups in total. The van der Waals surface area contributed by atoms with Gasteiger partial charge >= 0.3 is 5.97 Å². The number of nitrogens with zero attached hydrogens (tertiary/aromatic N) is 3. The van der Waals surface area contributed by atoms with E-state index in [1.807, 2.05) is 23.8 Å². The standard InChI is InChI=1S/C16H15N3O3S3/c1-21-15(20)11-5-3-10(4-6-11)14-17-12(7-24-14)8-25-16-19-18-13(22-16)9-23-2/h3-7H,8-9H2,1-2H3. The van der Waals surface area contributed by atoms with Gasteiger partial charge in [-0.15, -0.1) is 21.5 Å². The molecule has 0 bridgehead atoms. The second-order valence-electron chi connectivity index (χ2n) is 4.90. The van der Waals surface area contributed by atoms with Crippen LogP contribution >= 0.6 is 34.9 Å². The first kappa shape index (κ1) is 18.0. The molecule has 130 valence electrons. The normalized spacial score (nSPS) is 10.8. The Morgan fingerprint density at radius 3 is 2.76 bits per heavy atom. The number of aromatic nitrogens is 3. The van der Waals surface area contributed by atoms with Gasteiger partial charge in [-0.05, 0) is 18.4 Å². The summed E-state index contributed by atoms with van der Waals surface area (Å²) in [4.78, 5) is 16.1. The molecule has 9 heteroatoms. The number of carbonyl (C=O) groups is 1. The summed E-state index contributed by atoms with van der Waals surface area (Å²) < 4.78 is 10.2. The SMILES string of the molecule is COC(=O)c1ccc(-c2nc(CSc3nnc(CSC)o3)cs2)cc1. The highest BCUT2D eigenvalue weighted by Gasteiger charge is 2.10. The number of thioether (sulfide) groups is 2. The van der Waals surface area contributed by atoms with Crippen molar-refractivity contribution in [3.05, 3.63) is 46.8 Å². The van der Waals surface area contributed by atoms with Gasteiger partial charge < -0.3 is 9.15 Å². The Bertz CT molecular complexity index is 846. The fourth-order valence-electron chi connectivity index (χ4n) is 1.99. The van der Waals surface area contributed by atoms with Gasteiger partial charge in [0.1, 0.15) is 5.01 Å². The maximum Gasteiger partial charge on any atom is 0.337 e. The lowest BCUT2D eigenvalue weighted by Crippen LogP contribution is -2.00. The van der Waals surface area contributed by atoms with Crippen LogP contribution in [0.5, 0.6) is 0 Å². The molecule has 0 saturated heterocycles. The lowest BCUT2D eigenvalue weighted by Gasteiger charge is -2.00. The molecule has 0 unspecified atom stereocenters. The van der Waals surface area contributed by atoms with Crippen molar-refractivity contribution < 1.29 is 13.9 Å². The third-order valence-corrected chi connectivity index (χ3v) is 5.49. The van der Waals surface area contributed by atoms with Crippen molar-refractivity contribution in [2.75, 3.05) is 13.4 Å². The van der Waals surface area contributed by atoms with Gasteiger partial charge in [0.25, 0.3) is 5.22 Å². The second-order valence-corrected chi connectivity index (χ2v) is 7.55. The molecule has 1 aromatic carbocycles. The van der Waals surface area contributed by atoms with E-state index in [9.17, 15) is 4.79 Å². The van der Waals surface area contributed by atoms with Crippen LogP contribution in [0, 0.1) is 0 Å². The lowest BCUT2D eigenvalue weighted by atomic mass is 10.1. The molecule has 0 amide bonds. The highest BCUT2D eigenvalue weighted by molar-refractivity contribution is 7.98. The van der Waals surface area contributed by atoms with Gasteiger partial charge in [-0.25, -0.2) is 9.78 Å². The van der Waals surface area contributed by atoms with Crippen LogP contribution in [0.1, 0.15) is 21.9 Å². The molecule has 0 aliphatic heterocycles. The predicted octanol–water partition coefficient (Wildman–Crippen LogP) is 4.14. The summed E-state index contributed by atoms with van der Waals surface area (Å²) >= 11 is 4.67. The van der Waals surface area contributed by atoms with E-state index in [-0.39, 0.29) is 5.97 Å². The number of hydrogen-bond acceptors (Lipinski definition) is 9. The zero-order valence-corrected chi connectivity index (χ0v) is 16.0. The average molecular weight is 394 g/mol. The molecule has 0 fully saturated rings. The van der Waals surface area contributed by atoms with Crippen LogP contribution in [-0.2, 0) is 16.2 Å². The minimum Gasteiger partial charge on any atom is -0.465 e. The smallest absolute Gasteiger partial charge is 0.337 e. The Morgan fingerprint density at radius 1 is 1.24 bits per heavy atom. The molecule has 3 rings (SSSR count). The van der Waals surface area contributed by atoms with Gasteiger partial charge in [0.15, 0.2) is 0 Å². The van der Waals surface area contributed by atoms with Crippen LogP contribution in [0.2, 0.25) is 0 Å². The summed E-state index contributed by atoms with van der Waals surface area (Å²) in [5.41, 5.74) is 2.44. The summed E-state index contributed by atoms with van der Waals surface area (Å²) in [7, 11) is 1.37. The number of hydrogen-bond donors (Lipinski definition) is 0. The lowest BCUT2D eigenvalue weighted by molar-refractivity contribution is 0.0601. The molecule has 0 spiro atoms. The number of ether oxygens (including phenoxy) is 1. The summed E-state index contributed by atoms with van der Waals surface area (Å²) in [6, 6.07) is 7.22. The van der Waals surface area contributed by atoms with Crippen LogP contribution in [-0.4, -0.2) is 34.5 Å². The first-order valence-corrected chi connectivity index (χ1v) is 10.5. The Labute approximate surface area is 157 Å². The van der Waals surface area contributed by atoms with E-state index >= 15 is 0 Å². The average Bonchev–Trinajstić information content (AvgIpc) is 3.29. The third-order valence-electron chi connectivity index (χ3n) is 3.16. The number of esters is 1. The first-order valence-electron chi connectivity index (χ1n) is 7.27. The minimum absolute atomic E-state index is 0.344. The van der Waals surface area contributed by atoms with Crippen LogP contribution < -0.4 is 0 Å². The number of thiazole rings is 1. The fraction of sp³-hybridized carbons (Fsp3) is 0.250. The maximum atomic E-state index is 11.5. The summed E-state index contributed by atoms with van der Waals surface area (Å²) in [5, 5.41) is 11.5. The van der Waals surface area contributed by atoms with Crippen LogP contribution in [0.25, 0.3) is 10.6 Å². The van der Waals surface area contributed by atoms with Crippen molar-refractivity contribution in [3.63, 3.8) is 0 Å². The fourth-order valence-corrected chi connectivity index (χ4v) is 3.95. The van der Waals surface area contributed by atoms with E-state index in [1.165, 1.54) is 18.9 Å². The summed E-state index contributed by atoms with van der Waals surface area (Å²) in [6.45, 7) is 0. The Balaban J connectivity index is 1.62. The van der Waals surface area contributed by atoms with E-state index in [1.54, 1.807) is 35.2 Å². The second kappa shape index (κ2) is 8.50. The molecule has 0 aliphatic carbocycles. The van der Waals surface area contributed by atoms with Crippen LogP contribution in [0.3, 0.4) is 0 Å². The summed E-state index contributed by atoms with van der Waals surface area (Å²) in [5.74, 6) is 1.68. The zero-order valence-electron chi connectivity index (χ0n) is 13.6. The Morgan fingerprint density at radius 2 is 2.04 bits per heavy atom. The van der Waals surface area contributed by atoms with E-state index in [0.717, 1.165) is 22.0 Å². The Hall–Kier alpha value is -1.84. The van der Waals surface area contributed by atoms with Crippen LogP contribution in [0.15, 0.2) is 39.3 Å². The topological polar surface area (TPSA) is 78.1 Å². The number of methoxy groups -OCH3 is 1. The highest BCUT2D eigenvalue weighted by Crippen LogP contribution is 2.28. The molecule has 3 aromatic rings. The van der Waals surface area contributed by atoms with Gasteiger partial charge in [0.05, 0.1) is 24.1 Å². The molecule has 2 aromatic heterocycles. The number of rotatable bonds is 7. The number of carbonyl (C=O) groups excluding carboxylic acids is 1. The van der Waals surface area contributed by atoms with Crippen molar-refractivity contribution in [2.24, 2.45) is 0 Å². The van der Waals surface area contributed by atoms with Gasteiger partial charge in [-0.2, -0.15) is 11.8 Å². The van der Waals surface area contributed by atoms with E-state index in [4.69, 9.17) is 9.15 Å². The third kappa shape index (κ3) is 4.62. The summed E-state index contributed by atoms with van der Waals surface area (Å²) in [6.07, 6.45) is 1.99. The highest BCUT2D eigenvalue weighted by atomic mass is 32.2. The van der Waals surface area contributed by atoms with Gasteiger partial charge in [0.2, 0.25) is 5.89 Å². The van der Waals surface area contributed by atoms with Crippen molar-refractivity contribution >= 4 is 40.8 Å². The monoisotopic (exact) mass is 393 g/mol. The Kier molecular flexibility index (Phi) is 6.11.